The van der Waals surface area contributed by atoms with Gasteiger partial charge >= 0.3 is 6.03 Å². The minimum absolute atomic E-state index is 0.0419. The van der Waals surface area contributed by atoms with E-state index in [1.165, 1.54) is 11.3 Å². The molecule has 0 fully saturated rings. The fourth-order valence-electron chi connectivity index (χ4n) is 2.27. The van der Waals surface area contributed by atoms with Crippen LogP contribution < -0.4 is 5.32 Å². The summed E-state index contributed by atoms with van der Waals surface area (Å²) in [6.07, 6.45) is 0. The number of H-pyrrole nitrogens is 1. The maximum atomic E-state index is 12.0. The Bertz CT molecular complexity index is 649. The lowest BCUT2D eigenvalue weighted by Crippen LogP contribution is -2.40. The van der Waals surface area contributed by atoms with Gasteiger partial charge in [0.2, 0.25) is 0 Å². The first kappa shape index (κ1) is 13.5. The van der Waals surface area contributed by atoms with Crippen LogP contribution in [0, 0.1) is 0 Å². The van der Waals surface area contributed by atoms with Crippen molar-refractivity contribution in [2.45, 2.75) is 33.0 Å². The molecule has 0 unspecified atom stereocenters. The largest absolute Gasteiger partial charge is 0.336 e. The van der Waals surface area contributed by atoms with Crippen LogP contribution in [0.2, 0.25) is 4.34 Å². The normalized spacial score (nSPS) is 13.9. The Kier molecular flexibility index (Phi) is 3.43. The number of rotatable bonds is 2. The fraction of sp³-hybridized carbons (Fsp3) is 0.385. The van der Waals surface area contributed by atoms with Crippen molar-refractivity contribution < 1.29 is 4.79 Å². The molecule has 2 amide bonds. The van der Waals surface area contributed by atoms with E-state index in [0.717, 1.165) is 26.2 Å². The molecule has 0 radical (unpaired) electrons. The van der Waals surface area contributed by atoms with Gasteiger partial charge in [-0.2, -0.15) is 5.10 Å². The molecule has 2 N–H and O–H groups in total. The molecule has 0 aromatic carbocycles. The first-order chi connectivity index (χ1) is 9.54. The minimum atomic E-state index is -0.0419. The van der Waals surface area contributed by atoms with E-state index in [4.69, 9.17) is 11.6 Å². The van der Waals surface area contributed by atoms with Gasteiger partial charge in [0.1, 0.15) is 5.69 Å². The highest BCUT2D eigenvalue weighted by molar-refractivity contribution is 7.19. The molecular weight excluding hydrogens is 296 g/mol. The summed E-state index contributed by atoms with van der Waals surface area (Å²) >= 11 is 7.47. The quantitative estimate of drug-likeness (QED) is 0.894. The van der Waals surface area contributed by atoms with E-state index in [0.29, 0.717) is 13.1 Å². The van der Waals surface area contributed by atoms with Crippen LogP contribution in [0.1, 0.15) is 25.1 Å². The van der Waals surface area contributed by atoms with Crippen LogP contribution in [0.25, 0.3) is 10.6 Å². The van der Waals surface area contributed by atoms with E-state index in [1.807, 2.05) is 26.0 Å². The highest BCUT2D eigenvalue weighted by Gasteiger charge is 2.29. The number of carbonyl (C=O) groups is 1. The van der Waals surface area contributed by atoms with Gasteiger partial charge in [0.15, 0.2) is 0 Å². The van der Waals surface area contributed by atoms with Crippen molar-refractivity contribution in [2.75, 3.05) is 0 Å². The van der Waals surface area contributed by atoms with E-state index >= 15 is 0 Å². The number of nitrogens with one attached hydrogen (secondary N) is 2. The van der Waals surface area contributed by atoms with Gasteiger partial charge in [-0.3, -0.25) is 5.10 Å². The van der Waals surface area contributed by atoms with Gasteiger partial charge in [-0.1, -0.05) is 11.6 Å². The molecule has 1 aliphatic heterocycles. The number of amides is 2. The maximum Gasteiger partial charge on any atom is 0.318 e. The summed E-state index contributed by atoms with van der Waals surface area (Å²) in [5, 5.41) is 10.3. The predicted molar refractivity (Wildman–Crippen MR) is 79.8 cm³/mol. The molecule has 7 heteroatoms. The average Bonchev–Trinajstić information content (AvgIpc) is 3.01. The van der Waals surface area contributed by atoms with Crippen LogP contribution >= 0.6 is 22.9 Å². The smallest absolute Gasteiger partial charge is 0.318 e. The molecule has 2 aromatic heterocycles. The zero-order chi connectivity index (χ0) is 14.3. The summed E-state index contributed by atoms with van der Waals surface area (Å²) in [6.45, 7) is 5.05. The summed E-state index contributed by atoms with van der Waals surface area (Å²) in [5.74, 6) is 0. The second-order valence-electron chi connectivity index (χ2n) is 5.09. The van der Waals surface area contributed by atoms with E-state index in [2.05, 4.69) is 15.5 Å². The number of halogens is 1. The van der Waals surface area contributed by atoms with Crippen LogP contribution in [0.5, 0.6) is 0 Å². The standard InChI is InChI=1S/C13H15ClN4OS/c1-7(2)15-13(19)18-5-8-9(6-18)16-17-12(8)10-3-4-11(14)20-10/h3-4,7H,5-6H2,1-2H3,(H,15,19)(H,16,17). The summed E-state index contributed by atoms with van der Waals surface area (Å²) in [6, 6.07) is 3.91. The Morgan fingerprint density at radius 3 is 2.95 bits per heavy atom. The monoisotopic (exact) mass is 310 g/mol. The Morgan fingerprint density at radius 1 is 1.50 bits per heavy atom. The van der Waals surface area contributed by atoms with Gasteiger partial charge in [-0.15, -0.1) is 11.3 Å². The second kappa shape index (κ2) is 5.10. The van der Waals surface area contributed by atoms with Crippen molar-refractivity contribution in [3.05, 3.63) is 27.7 Å². The summed E-state index contributed by atoms with van der Waals surface area (Å²) in [5.41, 5.74) is 2.99. The molecule has 106 valence electrons. The van der Waals surface area contributed by atoms with Crippen molar-refractivity contribution in [1.82, 2.24) is 20.4 Å². The number of nitrogens with zero attached hydrogens (tertiary/aromatic N) is 2. The van der Waals surface area contributed by atoms with Crippen LogP contribution in [0.4, 0.5) is 4.79 Å². The molecule has 0 atom stereocenters. The van der Waals surface area contributed by atoms with Gasteiger partial charge in [0.05, 0.1) is 28.0 Å². The first-order valence-corrected chi connectivity index (χ1v) is 7.61. The molecule has 1 aliphatic rings. The third-order valence-corrected chi connectivity index (χ3v) is 4.39. The number of aromatic amines is 1. The third-order valence-electron chi connectivity index (χ3n) is 3.16. The number of carbonyl (C=O) groups excluding carboxylic acids is 1. The van der Waals surface area contributed by atoms with Crippen LogP contribution in [-0.4, -0.2) is 27.2 Å². The summed E-state index contributed by atoms with van der Waals surface area (Å²) < 4.78 is 0.740. The minimum Gasteiger partial charge on any atom is -0.336 e. The molecule has 3 rings (SSSR count). The van der Waals surface area contributed by atoms with Gasteiger partial charge in [0, 0.05) is 11.6 Å². The maximum absolute atomic E-state index is 12.0. The van der Waals surface area contributed by atoms with Crippen molar-refractivity contribution >= 4 is 29.0 Å². The third kappa shape index (κ3) is 2.41. The van der Waals surface area contributed by atoms with Crippen LogP contribution in [-0.2, 0) is 13.1 Å². The number of fused-ring (bicyclic) bond motifs is 1. The topological polar surface area (TPSA) is 61.0 Å². The lowest BCUT2D eigenvalue weighted by molar-refractivity contribution is 0.195. The highest BCUT2D eigenvalue weighted by atomic mass is 35.5. The molecule has 2 aromatic rings. The van der Waals surface area contributed by atoms with Gasteiger partial charge < -0.3 is 10.2 Å². The highest BCUT2D eigenvalue weighted by Crippen LogP contribution is 2.35. The average molecular weight is 311 g/mol. The molecule has 0 spiro atoms. The number of hydrogen-bond acceptors (Lipinski definition) is 3. The summed E-state index contributed by atoms with van der Waals surface area (Å²) in [7, 11) is 0. The van der Waals surface area contributed by atoms with E-state index in [-0.39, 0.29) is 12.1 Å². The Morgan fingerprint density at radius 2 is 2.30 bits per heavy atom. The van der Waals surface area contributed by atoms with E-state index < -0.39 is 0 Å². The SMILES string of the molecule is CC(C)NC(=O)N1Cc2[nH]nc(-c3ccc(Cl)s3)c2C1. The van der Waals surface area contributed by atoms with Crippen molar-refractivity contribution in [2.24, 2.45) is 0 Å². The van der Waals surface area contributed by atoms with Gasteiger partial charge in [0.25, 0.3) is 0 Å². The zero-order valence-corrected chi connectivity index (χ0v) is 12.8. The van der Waals surface area contributed by atoms with Crippen LogP contribution in [0.15, 0.2) is 12.1 Å². The zero-order valence-electron chi connectivity index (χ0n) is 11.2. The van der Waals surface area contributed by atoms with E-state index in [1.54, 1.807) is 4.90 Å². The van der Waals surface area contributed by atoms with Crippen LogP contribution in [0.3, 0.4) is 0 Å². The number of urea groups is 1. The Labute approximate surface area is 125 Å². The molecule has 20 heavy (non-hydrogen) atoms. The summed E-state index contributed by atoms with van der Waals surface area (Å²) in [4.78, 5) is 14.8. The number of aromatic nitrogens is 2. The Hall–Kier alpha value is -1.53. The fourth-order valence-corrected chi connectivity index (χ4v) is 3.33. The molecule has 0 saturated carbocycles. The first-order valence-electron chi connectivity index (χ1n) is 6.42. The van der Waals surface area contributed by atoms with Crippen molar-refractivity contribution in [1.29, 1.82) is 0 Å². The van der Waals surface area contributed by atoms with Gasteiger partial charge in [-0.25, -0.2) is 4.79 Å². The lowest BCUT2D eigenvalue weighted by Gasteiger charge is -2.18. The predicted octanol–water partition coefficient (Wildman–Crippen LogP) is 3.23. The second-order valence-corrected chi connectivity index (χ2v) is 6.81. The molecule has 0 bridgehead atoms. The molecule has 3 heterocycles. The van der Waals surface area contributed by atoms with Crippen molar-refractivity contribution in [3.63, 3.8) is 0 Å². The molecule has 0 saturated heterocycles. The molecule has 0 aliphatic carbocycles. The molecule has 5 nitrogen and oxygen atoms in total. The Balaban J connectivity index is 1.81. The lowest BCUT2D eigenvalue weighted by atomic mass is 10.2. The number of hydrogen-bond donors (Lipinski definition) is 2. The number of thiophene rings is 1. The molecular formula is C13H15ClN4OS. The van der Waals surface area contributed by atoms with E-state index in [9.17, 15) is 4.79 Å². The van der Waals surface area contributed by atoms with Gasteiger partial charge in [-0.05, 0) is 26.0 Å². The van der Waals surface area contributed by atoms with Crippen molar-refractivity contribution in [3.8, 4) is 10.6 Å².